The van der Waals surface area contributed by atoms with Gasteiger partial charge in [-0.2, -0.15) is 4.99 Å². The second-order valence-corrected chi connectivity index (χ2v) is 4.17. The van der Waals surface area contributed by atoms with Crippen molar-refractivity contribution in [1.29, 1.82) is 0 Å². The average Bonchev–Trinajstić information content (AvgIpc) is 2.28. The minimum Gasteiger partial charge on any atom is -0.489 e. The van der Waals surface area contributed by atoms with Gasteiger partial charge in [0.05, 0.1) is 23.1 Å². The lowest BCUT2D eigenvalue weighted by Gasteiger charge is -2.34. The van der Waals surface area contributed by atoms with Crippen molar-refractivity contribution in [3.05, 3.63) is 18.2 Å². The first-order valence-electron chi connectivity index (χ1n) is 5.33. The molecule has 1 aliphatic heterocycles. The molecule has 0 bridgehead atoms. The maximum Gasteiger partial charge on any atom is 0.144 e. The molecule has 0 saturated heterocycles. The van der Waals surface area contributed by atoms with Gasteiger partial charge in [-0.15, -0.1) is 0 Å². The normalized spacial score (nSPS) is 14.1. The zero-order valence-electron chi connectivity index (χ0n) is 9.43. The molecule has 16 heavy (non-hydrogen) atoms. The van der Waals surface area contributed by atoms with E-state index >= 15 is 0 Å². The highest BCUT2D eigenvalue weighted by Crippen LogP contribution is 2.35. The van der Waals surface area contributed by atoms with E-state index in [4.69, 9.17) is 4.74 Å². The predicted octanol–water partition coefficient (Wildman–Crippen LogP) is 3.03. The Morgan fingerprint density at radius 1 is 1.50 bits per heavy atom. The van der Waals surface area contributed by atoms with Crippen molar-refractivity contribution in [1.82, 2.24) is 0 Å². The molecular formula is C12H14N2OS. The van der Waals surface area contributed by atoms with E-state index in [1.807, 2.05) is 18.2 Å². The van der Waals surface area contributed by atoms with Crippen LogP contribution in [0, 0.1) is 0 Å². The van der Waals surface area contributed by atoms with Gasteiger partial charge in [0, 0.05) is 12.1 Å². The van der Waals surface area contributed by atoms with Crippen molar-refractivity contribution in [2.75, 3.05) is 18.1 Å². The summed E-state index contributed by atoms with van der Waals surface area (Å²) >= 11 is 4.59. The molecule has 0 radical (unpaired) electrons. The number of anilines is 1. The monoisotopic (exact) mass is 234 g/mol. The fourth-order valence-electron chi connectivity index (χ4n) is 1.89. The zero-order valence-corrected chi connectivity index (χ0v) is 10.3. The lowest BCUT2D eigenvalue weighted by atomic mass is 10.2. The molecule has 0 spiro atoms. The Bertz CT molecular complexity index is 439. The van der Waals surface area contributed by atoms with Crippen LogP contribution in [0.3, 0.4) is 0 Å². The van der Waals surface area contributed by atoms with Gasteiger partial charge < -0.3 is 9.64 Å². The van der Waals surface area contributed by atoms with E-state index in [0.29, 0.717) is 6.04 Å². The molecule has 0 N–H and O–H groups in total. The van der Waals surface area contributed by atoms with Crippen LogP contribution in [-0.4, -0.2) is 24.4 Å². The molecule has 1 heterocycles. The first-order chi connectivity index (χ1) is 7.72. The fraction of sp³-hybridized carbons (Fsp3) is 0.417. The van der Waals surface area contributed by atoms with E-state index in [2.05, 4.69) is 41.1 Å². The van der Waals surface area contributed by atoms with Crippen LogP contribution >= 0.6 is 12.2 Å². The number of rotatable bonds is 2. The topological polar surface area (TPSA) is 24.8 Å². The van der Waals surface area contributed by atoms with Crippen LogP contribution in [0.2, 0.25) is 0 Å². The number of ether oxygens (including phenoxy) is 1. The molecule has 0 saturated carbocycles. The van der Waals surface area contributed by atoms with E-state index < -0.39 is 0 Å². The van der Waals surface area contributed by atoms with Crippen molar-refractivity contribution >= 4 is 28.8 Å². The van der Waals surface area contributed by atoms with Gasteiger partial charge in [-0.05, 0) is 38.2 Å². The lowest BCUT2D eigenvalue weighted by Crippen LogP contribution is -2.37. The summed E-state index contributed by atoms with van der Waals surface area (Å²) in [6.07, 6.45) is 0. The van der Waals surface area contributed by atoms with Crippen molar-refractivity contribution in [3.63, 3.8) is 0 Å². The average molecular weight is 234 g/mol. The molecule has 4 heteroatoms. The summed E-state index contributed by atoms with van der Waals surface area (Å²) in [4.78, 5) is 6.27. The van der Waals surface area contributed by atoms with E-state index in [9.17, 15) is 0 Å². The Hall–Kier alpha value is -1.38. The molecule has 0 aliphatic carbocycles. The summed E-state index contributed by atoms with van der Waals surface area (Å²) < 4.78 is 5.63. The van der Waals surface area contributed by atoms with Crippen LogP contribution in [0.5, 0.6) is 5.75 Å². The summed E-state index contributed by atoms with van der Waals surface area (Å²) in [5.74, 6) is 0.881. The summed E-state index contributed by atoms with van der Waals surface area (Å²) in [6, 6.07) is 6.34. The van der Waals surface area contributed by atoms with E-state index in [1.54, 1.807) is 0 Å². The second-order valence-electron chi connectivity index (χ2n) is 3.99. The van der Waals surface area contributed by atoms with Gasteiger partial charge in [0.15, 0.2) is 0 Å². The molecule has 1 aliphatic rings. The zero-order chi connectivity index (χ0) is 11.5. The first-order valence-corrected chi connectivity index (χ1v) is 5.74. The fourth-order valence-corrected chi connectivity index (χ4v) is 1.99. The predicted molar refractivity (Wildman–Crippen MR) is 69.1 cm³/mol. The van der Waals surface area contributed by atoms with Crippen LogP contribution in [0.15, 0.2) is 23.2 Å². The Labute approximate surface area is 101 Å². The Morgan fingerprint density at radius 3 is 3.00 bits per heavy atom. The minimum absolute atomic E-state index is 0.475. The molecule has 2 rings (SSSR count). The van der Waals surface area contributed by atoms with Crippen LogP contribution in [0.4, 0.5) is 11.4 Å². The Balaban J connectivity index is 2.40. The lowest BCUT2D eigenvalue weighted by molar-refractivity contribution is 0.303. The molecule has 3 nitrogen and oxygen atoms in total. The number of hydrogen-bond acceptors (Lipinski definition) is 4. The van der Waals surface area contributed by atoms with Gasteiger partial charge in [0.2, 0.25) is 0 Å². The van der Waals surface area contributed by atoms with Crippen LogP contribution in [0.25, 0.3) is 0 Å². The van der Waals surface area contributed by atoms with Crippen LogP contribution in [-0.2, 0) is 0 Å². The molecular weight excluding hydrogens is 220 g/mol. The van der Waals surface area contributed by atoms with Crippen molar-refractivity contribution in [2.24, 2.45) is 4.99 Å². The molecule has 0 unspecified atom stereocenters. The molecule has 1 aromatic carbocycles. The van der Waals surface area contributed by atoms with Crippen molar-refractivity contribution < 1.29 is 4.74 Å². The number of aliphatic imine (C=N–C) groups is 1. The maximum atomic E-state index is 5.63. The van der Waals surface area contributed by atoms with E-state index in [-0.39, 0.29) is 0 Å². The van der Waals surface area contributed by atoms with Crippen LogP contribution < -0.4 is 9.64 Å². The summed E-state index contributed by atoms with van der Waals surface area (Å²) in [6.45, 7) is 6.01. The van der Waals surface area contributed by atoms with E-state index in [1.165, 1.54) is 0 Å². The first kappa shape index (κ1) is 11.1. The van der Waals surface area contributed by atoms with Gasteiger partial charge in [-0.1, -0.05) is 0 Å². The minimum atomic E-state index is 0.475. The Kier molecular flexibility index (Phi) is 3.22. The molecule has 0 fully saturated rings. The van der Waals surface area contributed by atoms with Gasteiger partial charge in [-0.3, -0.25) is 0 Å². The molecule has 0 amide bonds. The Morgan fingerprint density at radius 2 is 2.31 bits per heavy atom. The SMILES string of the molecule is CC(C)N1CCOc2cc(N=C=S)ccc21. The molecule has 1 aromatic rings. The number of thiocarbonyl (C=S) groups is 1. The van der Waals surface area contributed by atoms with Gasteiger partial charge in [0.1, 0.15) is 12.4 Å². The highest BCUT2D eigenvalue weighted by atomic mass is 32.1. The van der Waals surface area contributed by atoms with Gasteiger partial charge in [0.25, 0.3) is 0 Å². The van der Waals surface area contributed by atoms with Crippen molar-refractivity contribution in [3.8, 4) is 5.75 Å². The van der Waals surface area contributed by atoms with Crippen LogP contribution in [0.1, 0.15) is 13.8 Å². The second kappa shape index (κ2) is 4.64. The molecule has 0 aromatic heterocycles. The summed E-state index contributed by atoms with van der Waals surface area (Å²) in [5, 5.41) is 2.36. The highest BCUT2D eigenvalue weighted by Gasteiger charge is 2.20. The smallest absolute Gasteiger partial charge is 0.144 e. The number of hydrogen-bond donors (Lipinski definition) is 0. The number of benzene rings is 1. The largest absolute Gasteiger partial charge is 0.489 e. The highest BCUT2D eigenvalue weighted by molar-refractivity contribution is 7.78. The van der Waals surface area contributed by atoms with Gasteiger partial charge >= 0.3 is 0 Å². The third-order valence-corrected chi connectivity index (χ3v) is 2.73. The number of isothiocyanates is 1. The third-order valence-electron chi connectivity index (χ3n) is 2.64. The summed E-state index contributed by atoms with van der Waals surface area (Å²) in [7, 11) is 0. The standard InChI is InChI=1S/C12H14N2OS/c1-9(2)14-5-6-15-12-7-10(13-8-16)3-4-11(12)14/h3-4,7,9H,5-6H2,1-2H3. The number of fused-ring (bicyclic) bond motifs is 1. The van der Waals surface area contributed by atoms with E-state index in [0.717, 1.165) is 30.3 Å². The maximum absolute atomic E-state index is 5.63. The van der Waals surface area contributed by atoms with Crippen molar-refractivity contribution in [2.45, 2.75) is 19.9 Å². The summed E-state index contributed by atoms with van der Waals surface area (Å²) in [5.41, 5.74) is 1.92. The molecule has 84 valence electrons. The molecule has 0 atom stereocenters. The third kappa shape index (κ3) is 2.08. The van der Waals surface area contributed by atoms with Gasteiger partial charge in [-0.25, -0.2) is 0 Å². The number of nitrogens with zero attached hydrogens (tertiary/aromatic N) is 2. The quantitative estimate of drug-likeness (QED) is 0.581.